The molecule has 0 saturated carbocycles. The maximum Gasteiger partial charge on any atom is 0.0522 e. The monoisotopic (exact) mass is 1500 g/mol. The minimum atomic E-state index is 0.949. The molecule has 16 aromatic carbocycles. The number of benzene rings is 16. The molecule has 0 heterocycles. The number of hydrogen-bond donors (Lipinski definition) is 0. The van der Waals surface area contributed by atoms with E-state index >= 15 is 0 Å². The zero-order valence-electron chi connectivity index (χ0n) is 66.9. The molecule has 16 aromatic rings. The molecule has 0 aliphatic heterocycles. The summed E-state index contributed by atoms with van der Waals surface area (Å²) in [6.07, 6.45) is 19.2. The Bertz CT molecular complexity index is 5620. The third kappa shape index (κ3) is 18.7. The Hall–Kier alpha value is -14.3. The molecule has 0 aromatic heterocycles. The summed E-state index contributed by atoms with van der Waals surface area (Å²) in [5.74, 6) is 0. The number of hydrogen-bond acceptors (Lipinski definition) is 4. The van der Waals surface area contributed by atoms with Crippen LogP contribution in [0.15, 0.2) is 400 Å². The number of para-hydroxylation sites is 4. The smallest absolute Gasteiger partial charge is 0.0522 e. The highest BCUT2D eigenvalue weighted by Gasteiger charge is 2.22. The summed E-state index contributed by atoms with van der Waals surface area (Å²) >= 11 is 0. The lowest BCUT2D eigenvalue weighted by Crippen LogP contribution is -2.13. The molecule has 0 aliphatic carbocycles. The van der Waals surface area contributed by atoms with Crippen molar-refractivity contribution < 1.29 is 0 Å². The van der Waals surface area contributed by atoms with Gasteiger partial charge in [-0.3, -0.25) is 0 Å². The number of aryl methyl sites for hydroxylation is 6. The van der Waals surface area contributed by atoms with Gasteiger partial charge < -0.3 is 19.6 Å². The SMILES string of the molecule is CCc1cccc(C)c1N(c1ccc(/C=C/c2ccccc2)cc1)c1ccc(-c2ccc(N(c3ccc(/C=C/c4ccccc4)cc3)c3c(C)cccc3CC)cc2)cc1.Cc1ccccc1N(c1ccc(/C=C/c2ccccc2)cc1)c1ccc(-c2ccc(N(c3ccc(/C=C/c4ccccc4)cc3)c3ccccc3C)cc2)cc1. The molecule has 0 saturated heterocycles. The molecule has 4 nitrogen and oxygen atoms in total. The number of anilines is 12. The molecular weight excluding hydrogens is 1400 g/mol. The van der Waals surface area contributed by atoms with E-state index in [1.807, 2.05) is 12.1 Å². The first-order valence-corrected chi connectivity index (χ1v) is 40.3. The van der Waals surface area contributed by atoms with Gasteiger partial charge in [0, 0.05) is 56.9 Å². The Kier molecular flexibility index (Phi) is 24.8. The average Bonchev–Trinajstić information content (AvgIpc) is 0.789. The van der Waals surface area contributed by atoms with Gasteiger partial charge >= 0.3 is 0 Å². The van der Waals surface area contributed by atoms with E-state index in [1.165, 1.54) is 100 Å². The lowest BCUT2D eigenvalue weighted by molar-refractivity contribution is 1.10. The van der Waals surface area contributed by atoms with Crippen molar-refractivity contribution in [1.82, 2.24) is 0 Å². The molecule has 116 heavy (non-hydrogen) atoms. The first-order valence-electron chi connectivity index (χ1n) is 40.3. The van der Waals surface area contributed by atoms with E-state index in [9.17, 15) is 0 Å². The van der Waals surface area contributed by atoms with Crippen molar-refractivity contribution in [3.8, 4) is 22.3 Å². The van der Waals surface area contributed by atoms with E-state index in [1.54, 1.807) is 0 Å². The van der Waals surface area contributed by atoms with Gasteiger partial charge in [-0.1, -0.05) is 354 Å². The fourth-order valence-corrected chi connectivity index (χ4v) is 15.1. The highest BCUT2D eigenvalue weighted by molar-refractivity contribution is 5.88. The summed E-state index contributed by atoms with van der Waals surface area (Å²) in [7, 11) is 0. The molecule has 0 N–H and O–H groups in total. The summed E-state index contributed by atoms with van der Waals surface area (Å²) in [5.41, 5.74) is 35.5. The summed E-state index contributed by atoms with van der Waals surface area (Å²) in [5, 5.41) is 0. The van der Waals surface area contributed by atoms with Crippen LogP contribution in [0.1, 0.15) is 91.7 Å². The van der Waals surface area contributed by atoms with Gasteiger partial charge in [-0.2, -0.15) is 0 Å². The van der Waals surface area contributed by atoms with E-state index in [0.29, 0.717) is 0 Å². The van der Waals surface area contributed by atoms with Gasteiger partial charge in [0.15, 0.2) is 0 Å². The van der Waals surface area contributed by atoms with Gasteiger partial charge in [-0.15, -0.1) is 0 Å². The molecule has 0 aliphatic rings. The molecule has 4 heteroatoms. The second-order valence-corrected chi connectivity index (χ2v) is 29.3. The molecular formula is C112H96N4. The first-order chi connectivity index (χ1) is 57.1. The van der Waals surface area contributed by atoms with Gasteiger partial charge in [0.1, 0.15) is 0 Å². The van der Waals surface area contributed by atoms with Crippen molar-refractivity contribution in [2.24, 2.45) is 0 Å². The van der Waals surface area contributed by atoms with Crippen molar-refractivity contribution in [3.05, 3.63) is 478 Å². The summed E-state index contributed by atoms with van der Waals surface area (Å²) in [4.78, 5) is 9.52. The average molecular weight is 1500 g/mol. The van der Waals surface area contributed by atoms with Crippen LogP contribution in [0.5, 0.6) is 0 Å². The molecule has 0 bridgehead atoms. The quantitative estimate of drug-likeness (QED) is 0.0559. The van der Waals surface area contributed by atoms with E-state index in [4.69, 9.17) is 0 Å². The van der Waals surface area contributed by atoms with Gasteiger partial charge in [-0.25, -0.2) is 0 Å². The largest absolute Gasteiger partial charge is 0.310 e. The summed E-state index contributed by atoms with van der Waals surface area (Å²) in [6.45, 7) is 13.3. The Morgan fingerprint density at radius 3 is 0.586 bits per heavy atom. The third-order valence-electron chi connectivity index (χ3n) is 21.4. The van der Waals surface area contributed by atoms with Crippen LogP contribution in [-0.2, 0) is 12.8 Å². The normalized spacial score (nSPS) is 11.3. The summed E-state index contributed by atoms with van der Waals surface area (Å²) in [6, 6.07) is 143. The second-order valence-electron chi connectivity index (χ2n) is 29.3. The van der Waals surface area contributed by atoms with Crippen LogP contribution in [0.2, 0.25) is 0 Å². The van der Waals surface area contributed by atoms with Crippen LogP contribution < -0.4 is 19.6 Å². The van der Waals surface area contributed by atoms with Crippen LogP contribution in [-0.4, -0.2) is 0 Å². The van der Waals surface area contributed by atoms with E-state index in [2.05, 4.69) is 498 Å². The molecule has 564 valence electrons. The Labute approximate surface area is 686 Å². The van der Waals surface area contributed by atoms with E-state index in [0.717, 1.165) is 80.8 Å². The standard InChI is InChI=1S/C58H52N2.C54H44N2/c1-5-49-21-13-15-43(3)57(49)59(53-35-27-47(28-36-53)25-23-45-17-9-7-10-18-45)55-39-31-51(32-40-55)52-33-41-56(42-34-52)60(58-44(4)16-14-22-50(58)6-2)54-37-29-48(30-38-54)26-24-46-19-11-8-12-20-46;1-41-13-9-11-19-53(41)55(49-33-25-45(26-34-49)23-21-43-15-5-3-6-16-43)51-37-29-47(30-38-51)48-31-39-52(40-32-48)56(54-20-12-10-14-42(54)2)50-35-27-46(28-36-50)24-22-44-17-7-4-8-18-44/h7-42H,5-6H2,1-4H3;3-40H,1-2H3/b25-23+,26-24+;23-21+,24-22+. The fourth-order valence-electron chi connectivity index (χ4n) is 15.1. The van der Waals surface area contributed by atoms with Crippen LogP contribution in [0.3, 0.4) is 0 Å². The zero-order chi connectivity index (χ0) is 79.4. The Morgan fingerprint density at radius 1 is 0.172 bits per heavy atom. The van der Waals surface area contributed by atoms with Crippen molar-refractivity contribution in [3.63, 3.8) is 0 Å². The third-order valence-corrected chi connectivity index (χ3v) is 21.4. The van der Waals surface area contributed by atoms with Gasteiger partial charge in [-0.05, 0) is 250 Å². The maximum absolute atomic E-state index is 2.42. The van der Waals surface area contributed by atoms with Crippen molar-refractivity contribution in [1.29, 1.82) is 0 Å². The lowest BCUT2D eigenvalue weighted by Gasteiger charge is -2.30. The topological polar surface area (TPSA) is 13.0 Å². The fraction of sp³-hybridized carbons (Fsp3) is 0.0714. The molecule has 0 amide bonds. The Balaban J connectivity index is 0.000000183. The van der Waals surface area contributed by atoms with Gasteiger partial charge in [0.05, 0.1) is 11.4 Å². The predicted molar refractivity (Wildman–Crippen MR) is 502 cm³/mol. The van der Waals surface area contributed by atoms with E-state index < -0.39 is 0 Å². The molecule has 0 unspecified atom stereocenters. The second kappa shape index (κ2) is 37.3. The predicted octanol–water partition coefficient (Wildman–Crippen LogP) is 31.6. The maximum atomic E-state index is 2.42. The summed E-state index contributed by atoms with van der Waals surface area (Å²) < 4.78 is 0. The lowest BCUT2D eigenvalue weighted by atomic mass is 10.0. The highest BCUT2D eigenvalue weighted by atomic mass is 15.2. The minimum absolute atomic E-state index is 0.949. The minimum Gasteiger partial charge on any atom is -0.310 e. The van der Waals surface area contributed by atoms with Gasteiger partial charge in [0.25, 0.3) is 0 Å². The van der Waals surface area contributed by atoms with Crippen LogP contribution in [0, 0.1) is 27.7 Å². The first kappa shape index (κ1) is 77.0. The van der Waals surface area contributed by atoms with Crippen LogP contribution in [0.25, 0.3) is 70.9 Å². The molecule has 0 atom stereocenters. The van der Waals surface area contributed by atoms with Crippen molar-refractivity contribution in [2.75, 3.05) is 19.6 Å². The zero-order valence-corrected chi connectivity index (χ0v) is 66.9. The molecule has 16 rings (SSSR count). The molecule has 0 spiro atoms. The van der Waals surface area contributed by atoms with Crippen molar-refractivity contribution >= 4 is 117 Å². The van der Waals surface area contributed by atoms with E-state index in [-0.39, 0.29) is 0 Å². The van der Waals surface area contributed by atoms with Crippen molar-refractivity contribution in [2.45, 2.75) is 54.4 Å². The highest BCUT2D eigenvalue weighted by Crippen LogP contribution is 2.45. The molecule has 0 fully saturated rings. The molecule has 0 radical (unpaired) electrons. The van der Waals surface area contributed by atoms with Crippen LogP contribution >= 0.6 is 0 Å². The Morgan fingerprint density at radius 2 is 0.362 bits per heavy atom. The van der Waals surface area contributed by atoms with Crippen LogP contribution in [0.4, 0.5) is 68.2 Å². The number of nitrogens with zero attached hydrogens (tertiary/aromatic N) is 4. The van der Waals surface area contributed by atoms with Gasteiger partial charge in [0.2, 0.25) is 0 Å². The number of rotatable bonds is 24.